The van der Waals surface area contributed by atoms with E-state index in [1.54, 1.807) is 0 Å². The Kier molecular flexibility index (Phi) is 4.78. The standard InChI is InChI=1S/C11H14Cl2N2O4S/c12-7-3-9(13)11(10(14)4-7)20(17,18)15-1-2-19-8(5-15)6-16/h3-4,8,16H,1-2,5-6,14H2. The maximum absolute atomic E-state index is 12.6. The molecule has 9 heteroatoms. The molecule has 0 aliphatic carbocycles. The summed E-state index contributed by atoms with van der Waals surface area (Å²) < 4.78 is 31.6. The van der Waals surface area contributed by atoms with Gasteiger partial charge in [0.2, 0.25) is 10.0 Å². The van der Waals surface area contributed by atoms with Crippen LogP contribution in [0.15, 0.2) is 17.0 Å². The van der Waals surface area contributed by atoms with Crippen LogP contribution in [0.5, 0.6) is 0 Å². The summed E-state index contributed by atoms with van der Waals surface area (Å²) in [5.41, 5.74) is 5.72. The molecule has 1 unspecified atom stereocenters. The van der Waals surface area contributed by atoms with Gasteiger partial charge in [-0.2, -0.15) is 4.31 Å². The Morgan fingerprint density at radius 2 is 2.15 bits per heavy atom. The van der Waals surface area contributed by atoms with E-state index >= 15 is 0 Å². The van der Waals surface area contributed by atoms with Crippen molar-refractivity contribution in [3.8, 4) is 0 Å². The van der Waals surface area contributed by atoms with Gasteiger partial charge in [0.25, 0.3) is 0 Å². The van der Waals surface area contributed by atoms with Crippen LogP contribution in [-0.2, 0) is 14.8 Å². The highest BCUT2D eigenvalue weighted by Gasteiger charge is 2.33. The van der Waals surface area contributed by atoms with Crippen molar-refractivity contribution in [2.45, 2.75) is 11.0 Å². The number of benzene rings is 1. The average molecular weight is 341 g/mol. The minimum absolute atomic E-state index is 0.00506. The van der Waals surface area contributed by atoms with Crippen molar-refractivity contribution < 1.29 is 18.3 Å². The number of nitrogen functional groups attached to an aromatic ring is 1. The molecule has 1 aliphatic heterocycles. The van der Waals surface area contributed by atoms with Gasteiger partial charge >= 0.3 is 0 Å². The highest BCUT2D eigenvalue weighted by atomic mass is 35.5. The lowest BCUT2D eigenvalue weighted by Crippen LogP contribution is -2.46. The number of ether oxygens (including phenoxy) is 1. The molecular formula is C11H14Cl2N2O4S. The Hall–Kier alpha value is -0.570. The minimum Gasteiger partial charge on any atom is -0.398 e. The van der Waals surface area contributed by atoms with Crippen LogP contribution in [-0.4, -0.2) is 50.2 Å². The van der Waals surface area contributed by atoms with Crippen LogP contribution in [0.4, 0.5) is 5.69 Å². The van der Waals surface area contributed by atoms with Crippen LogP contribution >= 0.6 is 23.2 Å². The molecule has 1 aromatic carbocycles. The first-order valence-corrected chi connectivity index (χ1v) is 8.03. The molecule has 1 fully saturated rings. The SMILES string of the molecule is Nc1cc(Cl)cc(Cl)c1S(=O)(=O)N1CCOC(CO)C1. The lowest BCUT2D eigenvalue weighted by molar-refractivity contribution is -0.0304. The average Bonchev–Trinajstić information content (AvgIpc) is 2.37. The first-order chi connectivity index (χ1) is 9.36. The van der Waals surface area contributed by atoms with Crippen molar-refractivity contribution in [1.29, 1.82) is 0 Å². The number of hydrogen-bond acceptors (Lipinski definition) is 5. The Morgan fingerprint density at radius 3 is 2.75 bits per heavy atom. The number of halogens is 2. The highest BCUT2D eigenvalue weighted by molar-refractivity contribution is 7.89. The summed E-state index contributed by atoms with van der Waals surface area (Å²) in [4.78, 5) is -0.165. The molecule has 1 atom stereocenters. The molecule has 0 aromatic heterocycles. The van der Waals surface area contributed by atoms with Crippen molar-refractivity contribution in [2.24, 2.45) is 0 Å². The van der Waals surface area contributed by atoms with Gasteiger partial charge in [-0.1, -0.05) is 23.2 Å². The quantitative estimate of drug-likeness (QED) is 0.799. The third kappa shape index (κ3) is 3.03. The van der Waals surface area contributed by atoms with Crippen LogP contribution in [0.25, 0.3) is 0 Å². The second kappa shape index (κ2) is 6.05. The smallest absolute Gasteiger partial charge is 0.246 e. The fourth-order valence-corrected chi connectivity index (χ4v) is 4.40. The molecule has 0 radical (unpaired) electrons. The fourth-order valence-electron chi connectivity index (χ4n) is 2.00. The van der Waals surface area contributed by atoms with E-state index in [1.807, 2.05) is 0 Å². The summed E-state index contributed by atoms with van der Waals surface area (Å²) in [6, 6.07) is 2.67. The lowest BCUT2D eigenvalue weighted by atomic mass is 10.3. The molecule has 3 N–H and O–H groups in total. The van der Waals surface area contributed by atoms with Crippen LogP contribution in [0.1, 0.15) is 0 Å². The molecule has 0 saturated carbocycles. The van der Waals surface area contributed by atoms with Crippen molar-refractivity contribution in [3.05, 3.63) is 22.2 Å². The van der Waals surface area contributed by atoms with Crippen LogP contribution in [0.3, 0.4) is 0 Å². The number of anilines is 1. The Morgan fingerprint density at radius 1 is 1.45 bits per heavy atom. The molecule has 20 heavy (non-hydrogen) atoms. The van der Waals surface area contributed by atoms with E-state index in [0.717, 1.165) is 0 Å². The summed E-state index contributed by atoms with van der Waals surface area (Å²) in [5.74, 6) is 0. The van der Waals surface area contributed by atoms with Gasteiger partial charge in [-0.25, -0.2) is 8.42 Å². The van der Waals surface area contributed by atoms with Gasteiger partial charge in [0.1, 0.15) is 4.90 Å². The zero-order valence-electron chi connectivity index (χ0n) is 10.4. The summed E-state index contributed by atoms with van der Waals surface area (Å²) in [6.07, 6.45) is -0.550. The number of nitrogens with two attached hydrogens (primary N) is 1. The van der Waals surface area contributed by atoms with Crippen molar-refractivity contribution >= 4 is 38.9 Å². The summed E-state index contributed by atoms with van der Waals surface area (Å²) in [7, 11) is -3.86. The largest absolute Gasteiger partial charge is 0.398 e. The van der Waals surface area contributed by atoms with Gasteiger partial charge in [-0.3, -0.25) is 0 Å². The van der Waals surface area contributed by atoms with E-state index in [-0.39, 0.29) is 46.9 Å². The monoisotopic (exact) mass is 340 g/mol. The molecule has 0 spiro atoms. The van der Waals surface area contributed by atoms with E-state index in [2.05, 4.69) is 0 Å². The van der Waals surface area contributed by atoms with E-state index < -0.39 is 16.1 Å². The zero-order valence-corrected chi connectivity index (χ0v) is 12.7. The van der Waals surface area contributed by atoms with Gasteiger partial charge in [-0.15, -0.1) is 0 Å². The molecule has 1 aromatic rings. The third-order valence-corrected chi connectivity index (χ3v) is 5.55. The normalized spacial score (nSPS) is 21.1. The molecule has 112 valence electrons. The summed E-state index contributed by atoms with van der Waals surface area (Å²) >= 11 is 11.7. The first-order valence-electron chi connectivity index (χ1n) is 5.83. The maximum Gasteiger partial charge on any atom is 0.246 e. The Labute approximate surface area is 127 Å². The second-order valence-electron chi connectivity index (χ2n) is 4.34. The molecular weight excluding hydrogens is 327 g/mol. The van der Waals surface area contributed by atoms with Gasteiger partial charge in [0.05, 0.1) is 30.0 Å². The second-order valence-corrected chi connectivity index (χ2v) is 7.06. The molecule has 0 amide bonds. The number of hydrogen-bond donors (Lipinski definition) is 2. The van der Waals surface area contributed by atoms with E-state index in [4.69, 9.17) is 38.8 Å². The summed E-state index contributed by atoms with van der Waals surface area (Å²) in [6.45, 7) is 0.180. The van der Waals surface area contributed by atoms with Crippen molar-refractivity contribution in [2.75, 3.05) is 32.0 Å². The fraction of sp³-hybridized carbons (Fsp3) is 0.455. The Bertz CT molecular complexity index is 585. The van der Waals surface area contributed by atoms with E-state index in [0.29, 0.717) is 0 Å². The number of rotatable bonds is 3. The molecule has 6 nitrogen and oxygen atoms in total. The predicted octanol–water partition coefficient (Wildman–Crippen LogP) is 0.957. The van der Waals surface area contributed by atoms with Gasteiger partial charge in [-0.05, 0) is 12.1 Å². The first kappa shape index (κ1) is 15.8. The molecule has 1 aliphatic rings. The number of aliphatic hydroxyl groups excluding tert-OH is 1. The third-order valence-electron chi connectivity index (χ3n) is 2.94. The predicted molar refractivity (Wildman–Crippen MR) is 76.5 cm³/mol. The number of morpholine rings is 1. The molecule has 2 rings (SSSR count). The van der Waals surface area contributed by atoms with E-state index in [9.17, 15) is 8.42 Å². The maximum atomic E-state index is 12.6. The topological polar surface area (TPSA) is 92.9 Å². The van der Waals surface area contributed by atoms with Crippen LogP contribution in [0, 0.1) is 0 Å². The van der Waals surface area contributed by atoms with Crippen molar-refractivity contribution in [1.82, 2.24) is 4.31 Å². The number of aliphatic hydroxyl groups is 1. The zero-order chi connectivity index (χ0) is 14.9. The summed E-state index contributed by atoms with van der Waals surface area (Å²) in [5, 5.41) is 9.32. The number of sulfonamides is 1. The molecule has 1 saturated heterocycles. The highest BCUT2D eigenvalue weighted by Crippen LogP contribution is 2.33. The van der Waals surface area contributed by atoms with E-state index in [1.165, 1.54) is 16.4 Å². The van der Waals surface area contributed by atoms with Gasteiger partial charge in [0, 0.05) is 18.1 Å². The lowest BCUT2D eigenvalue weighted by Gasteiger charge is -2.31. The molecule has 1 heterocycles. The van der Waals surface area contributed by atoms with Gasteiger partial charge < -0.3 is 15.6 Å². The minimum atomic E-state index is -3.86. The number of nitrogens with zero attached hydrogens (tertiary/aromatic N) is 1. The Balaban J connectivity index is 2.40. The molecule has 0 bridgehead atoms. The van der Waals surface area contributed by atoms with Crippen molar-refractivity contribution in [3.63, 3.8) is 0 Å². The van der Waals surface area contributed by atoms with Crippen LogP contribution in [0.2, 0.25) is 10.0 Å². The van der Waals surface area contributed by atoms with Gasteiger partial charge in [0.15, 0.2) is 0 Å². The van der Waals surface area contributed by atoms with Crippen LogP contribution < -0.4 is 5.73 Å².